The summed E-state index contributed by atoms with van der Waals surface area (Å²) >= 11 is 0. The summed E-state index contributed by atoms with van der Waals surface area (Å²) in [4.78, 5) is 0. The Hall–Kier alpha value is -1.68. The minimum Gasteiger partial charge on any atom is -0.526 e. The molecular formula is C14H15BO2Si. The molecule has 0 saturated heterocycles. The molecule has 1 heterocycles. The molecule has 0 spiro atoms. The molecule has 1 aliphatic rings. The molecule has 4 heteroatoms. The van der Waals surface area contributed by atoms with Gasteiger partial charge in [0, 0.05) is 0 Å². The van der Waals surface area contributed by atoms with E-state index in [2.05, 4.69) is 37.4 Å². The van der Waals surface area contributed by atoms with E-state index in [0.29, 0.717) is 0 Å². The molecule has 0 N–H and O–H groups in total. The van der Waals surface area contributed by atoms with Gasteiger partial charge < -0.3 is 9.31 Å². The molecule has 0 atom stereocenters. The van der Waals surface area contributed by atoms with E-state index in [4.69, 9.17) is 9.31 Å². The van der Waals surface area contributed by atoms with Gasteiger partial charge in [-0.05, 0) is 12.1 Å². The third-order valence-corrected chi connectivity index (χ3v) is 6.66. The fourth-order valence-corrected chi connectivity index (χ4v) is 4.36. The maximum atomic E-state index is 5.97. The van der Waals surface area contributed by atoms with Crippen LogP contribution in [0.3, 0.4) is 0 Å². The quantitative estimate of drug-likeness (QED) is 0.767. The molecule has 18 heavy (non-hydrogen) atoms. The summed E-state index contributed by atoms with van der Waals surface area (Å²) < 4.78 is 11.9. The van der Waals surface area contributed by atoms with Crippen molar-refractivity contribution in [2.45, 2.75) is 13.1 Å². The number of benzene rings is 2. The molecule has 0 bridgehead atoms. The van der Waals surface area contributed by atoms with E-state index in [1.54, 1.807) is 0 Å². The zero-order chi connectivity index (χ0) is 12.6. The van der Waals surface area contributed by atoms with E-state index in [9.17, 15) is 0 Å². The molecular weight excluding hydrogens is 239 g/mol. The molecule has 0 radical (unpaired) electrons. The minimum atomic E-state index is -1.79. The van der Waals surface area contributed by atoms with Crippen LogP contribution in [0.15, 0.2) is 54.6 Å². The Morgan fingerprint density at radius 2 is 1.28 bits per heavy atom. The lowest BCUT2D eigenvalue weighted by atomic mass is 10.3. The van der Waals surface area contributed by atoms with Crippen LogP contribution in [-0.4, -0.2) is 14.7 Å². The zero-order valence-corrected chi connectivity index (χ0v) is 11.6. The summed E-state index contributed by atoms with van der Waals surface area (Å²) in [6, 6.07) is 18.4. The molecule has 0 unspecified atom stereocenters. The highest BCUT2D eigenvalue weighted by Gasteiger charge is 2.49. The van der Waals surface area contributed by atoms with E-state index >= 15 is 0 Å². The minimum absolute atomic E-state index is 0.141. The molecule has 90 valence electrons. The van der Waals surface area contributed by atoms with Gasteiger partial charge in [0.25, 0.3) is 0 Å². The fourth-order valence-electron chi connectivity index (χ4n) is 2.20. The molecule has 0 fully saturated rings. The molecule has 0 aliphatic carbocycles. The maximum Gasteiger partial charge on any atom is 0.566 e. The Kier molecular flexibility index (Phi) is 2.67. The van der Waals surface area contributed by atoms with Crippen molar-refractivity contribution in [3.05, 3.63) is 54.6 Å². The Balaban J connectivity index is 1.90. The highest BCUT2D eigenvalue weighted by atomic mass is 28.3. The highest BCUT2D eigenvalue weighted by molar-refractivity contribution is 7.34. The average Bonchev–Trinajstić information content (AvgIpc) is 2.84. The van der Waals surface area contributed by atoms with Gasteiger partial charge in [-0.15, -0.1) is 0 Å². The SMILES string of the molecule is C[Si](C)(B1Oc2ccccc2O1)c1ccccc1. The third-order valence-electron chi connectivity index (χ3n) is 3.42. The molecule has 0 amide bonds. The molecule has 0 saturated carbocycles. The van der Waals surface area contributed by atoms with Crippen LogP contribution in [0.25, 0.3) is 0 Å². The monoisotopic (exact) mass is 254 g/mol. The number of hydrogen-bond donors (Lipinski definition) is 0. The first kappa shape index (κ1) is 11.4. The predicted molar refractivity (Wildman–Crippen MR) is 77.0 cm³/mol. The Morgan fingerprint density at radius 3 is 1.83 bits per heavy atom. The predicted octanol–water partition coefficient (Wildman–Crippen LogP) is 2.64. The van der Waals surface area contributed by atoms with Gasteiger partial charge in [-0.3, -0.25) is 0 Å². The summed E-state index contributed by atoms with van der Waals surface area (Å²) in [6.07, 6.45) is 0. The topological polar surface area (TPSA) is 18.5 Å². The van der Waals surface area contributed by atoms with E-state index < -0.39 is 7.94 Å². The Labute approximate surface area is 109 Å². The second kappa shape index (κ2) is 4.21. The molecule has 2 aromatic carbocycles. The van der Waals surface area contributed by atoms with E-state index in [1.807, 2.05) is 30.3 Å². The summed E-state index contributed by atoms with van der Waals surface area (Å²) in [6.45, 7) is 4.41. The summed E-state index contributed by atoms with van der Waals surface area (Å²) in [5.41, 5.74) is 0. The second-order valence-corrected chi connectivity index (χ2v) is 9.59. The fraction of sp³-hybridized carbons (Fsp3) is 0.143. The smallest absolute Gasteiger partial charge is 0.526 e. The molecule has 0 aromatic heterocycles. The maximum absolute atomic E-state index is 5.97. The van der Waals surface area contributed by atoms with Gasteiger partial charge in [0.15, 0.2) is 7.94 Å². The first-order valence-electron chi connectivity index (χ1n) is 6.16. The van der Waals surface area contributed by atoms with Crippen molar-refractivity contribution in [3.63, 3.8) is 0 Å². The lowest BCUT2D eigenvalue weighted by molar-refractivity contribution is 0.524. The van der Waals surface area contributed by atoms with Gasteiger partial charge >= 0.3 is 6.71 Å². The first-order chi connectivity index (χ1) is 8.68. The van der Waals surface area contributed by atoms with Crippen LogP contribution in [0.4, 0.5) is 0 Å². The lowest BCUT2D eigenvalue weighted by Crippen LogP contribution is -2.60. The van der Waals surface area contributed by atoms with Crippen molar-refractivity contribution in [2.24, 2.45) is 0 Å². The van der Waals surface area contributed by atoms with Crippen LogP contribution in [0.5, 0.6) is 11.5 Å². The van der Waals surface area contributed by atoms with Crippen LogP contribution < -0.4 is 14.5 Å². The standard InChI is InChI=1S/C14H15BO2Si/c1-18(2,12-8-4-3-5-9-12)15-16-13-10-6-7-11-14(13)17-15/h3-11H,1-2H3. The van der Waals surface area contributed by atoms with Crippen molar-refractivity contribution < 1.29 is 9.31 Å². The van der Waals surface area contributed by atoms with Crippen LogP contribution in [0.2, 0.25) is 13.1 Å². The van der Waals surface area contributed by atoms with Crippen LogP contribution in [-0.2, 0) is 0 Å². The van der Waals surface area contributed by atoms with Gasteiger partial charge in [-0.25, -0.2) is 0 Å². The van der Waals surface area contributed by atoms with Gasteiger partial charge in [0.1, 0.15) is 11.5 Å². The zero-order valence-electron chi connectivity index (χ0n) is 10.6. The van der Waals surface area contributed by atoms with E-state index in [0.717, 1.165) is 11.5 Å². The molecule has 2 nitrogen and oxygen atoms in total. The van der Waals surface area contributed by atoms with Crippen molar-refractivity contribution in [2.75, 3.05) is 0 Å². The van der Waals surface area contributed by atoms with Gasteiger partial charge in [-0.2, -0.15) is 0 Å². The van der Waals surface area contributed by atoms with Crippen LogP contribution in [0.1, 0.15) is 0 Å². The van der Waals surface area contributed by atoms with E-state index in [-0.39, 0.29) is 6.71 Å². The second-order valence-electron chi connectivity index (χ2n) is 5.10. The van der Waals surface area contributed by atoms with Crippen molar-refractivity contribution in [1.82, 2.24) is 0 Å². The highest BCUT2D eigenvalue weighted by Crippen LogP contribution is 2.34. The number of hydrogen-bond acceptors (Lipinski definition) is 2. The molecule has 3 rings (SSSR count). The number of fused-ring (bicyclic) bond motifs is 1. The summed E-state index contributed by atoms with van der Waals surface area (Å²) in [5, 5.41) is 1.35. The number of rotatable bonds is 2. The first-order valence-corrected chi connectivity index (χ1v) is 9.23. The van der Waals surface area contributed by atoms with Crippen molar-refractivity contribution in [1.29, 1.82) is 0 Å². The summed E-state index contributed by atoms with van der Waals surface area (Å²) in [5.74, 6) is 1.72. The largest absolute Gasteiger partial charge is 0.566 e. The molecule has 1 aliphatic heterocycles. The van der Waals surface area contributed by atoms with Crippen molar-refractivity contribution in [3.8, 4) is 11.5 Å². The number of para-hydroxylation sites is 2. The van der Waals surface area contributed by atoms with Gasteiger partial charge in [0.05, 0.1) is 0 Å². The van der Waals surface area contributed by atoms with Crippen LogP contribution >= 0.6 is 0 Å². The normalized spacial score (nSPS) is 13.8. The Bertz CT molecular complexity index is 532. The van der Waals surface area contributed by atoms with Crippen molar-refractivity contribution >= 4 is 19.8 Å². The van der Waals surface area contributed by atoms with Gasteiger partial charge in [-0.1, -0.05) is 60.7 Å². The van der Waals surface area contributed by atoms with Crippen LogP contribution in [0, 0.1) is 0 Å². The van der Waals surface area contributed by atoms with E-state index in [1.165, 1.54) is 5.19 Å². The Morgan fingerprint density at radius 1 is 0.778 bits per heavy atom. The molecule has 2 aromatic rings. The third kappa shape index (κ3) is 1.82. The lowest BCUT2D eigenvalue weighted by Gasteiger charge is -2.23. The summed E-state index contributed by atoms with van der Waals surface area (Å²) in [7, 11) is -1.79. The average molecular weight is 254 g/mol. The van der Waals surface area contributed by atoms with Gasteiger partial charge in [0.2, 0.25) is 0 Å².